The van der Waals surface area contributed by atoms with E-state index in [-0.39, 0.29) is 0 Å². The van der Waals surface area contributed by atoms with Gasteiger partial charge >= 0.3 is 0 Å². The molecule has 0 aliphatic heterocycles. The van der Waals surface area contributed by atoms with Crippen LogP contribution in [0.1, 0.15) is 0 Å². The fraction of sp³-hybridized carbons (Fsp3) is 0. The van der Waals surface area contributed by atoms with E-state index in [1.54, 1.807) is 0 Å². The fourth-order valence-electron chi connectivity index (χ4n) is 9.67. The molecule has 0 saturated heterocycles. The highest BCUT2D eigenvalue weighted by molar-refractivity contribution is 7.26. The average Bonchev–Trinajstić information content (AvgIpc) is 4.12. The molecule has 0 N–H and O–H groups in total. The van der Waals surface area contributed by atoms with Gasteiger partial charge in [-0.3, -0.25) is 0 Å². The summed E-state index contributed by atoms with van der Waals surface area (Å²) in [5.41, 5.74) is 11.6. The zero-order valence-corrected chi connectivity index (χ0v) is 34.8. The quantitative estimate of drug-likeness (QED) is 0.173. The van der Waals surface area contributed by atoms with E-state index in [0.717, 1.165) is 77.4 Å². The normalized spacial score (nSPS) is 12.1. The number of benzene rings is 9. The number of thiophene rings is 1. The van der Waals surface area contributed by atoms with E-state index in [1.165, 1.54) is 42.0 Å². The Bertz CT molecular complexity index is 4200. The van der Waals surface area contributed by atoms with Gasteiger partial charge in [0, 0.05) is 64.6 Å². The van der Waals surface area contributed by atoms with Gasteiger partial charge in [0.15, 0.2) is 17.5 Å². The number of para-hydroxylation sites is 3. The Morgan fingerprint density at radius 2 is 1.02 bits per heavy atom. The van der Waals surface area contributed by atoms with E-state index in [0.29, 0.717) is 17.5 Å². The van der Waals surface area contributed by atoms with Crippen LogP contribution >= 0.6 is 11.3 Å². The highest BCUT2D eigenvalue weighted by Crippen LogP contribution is 2.44. The topological polar surface area (TPSA) is 69.9 Å². The highest BCUT2D eigenvalue weighted by Gasteiger charge is 2.21. The number of furan rings is 2. The van der Waals surface area contributed by atoms with E-state index in [9.17, 15) is 0 Å². The molecule has 9 aromatic carbocycles. The first-order chi connectivity index (χ1) is 31.7. The molecule has 0 aliphatic carbocycles. The van der Waals surface area contributed by atoms with Crippen molar-refractivity contribution in [3.63, 3.8) is 0 Å². The van der Waals surface area contributed by atoms with Crippen molar-refractivity contribution in [1.29, 1.82) is 0 Å². The summed E-state index contributed by atoms with van der Waals surface area (Å²) in [6.07, 6.45) is 0. The lowest BCUT2D eigenvalue weighted by Crippen LogP contribution is -2.00. The maximum absolute atomic E-state index is 6.58. The van der Waals surface area contributed by atoms with Crippen molar-refractivity contribution in [2.75, 3.05) is 0 Å². The molecule has 0 fully saturated rings. The molecular weight excluding hydrogens is 805 g/mol. The van der Waals surface area contributed by atoms with Crippen LogP contribution < -0.4 is 0 Å². The van der Waals surface area contributed by atoms with E-state index >= 15 is 0 Å². The van der Waals surface area contributed by atoms with Crippen LogP contribution in [-0.2, 0) is 0 Å². The lowest BCUT2D eigenvalue weighted by molar-refractivity contribution is 0.668. The third kappa shape index (κ3) is 5.28. The van der Waals surface area contributed by atoms with Crippen molar-refractivity contribution in [3.05, 3.63) is 194 Å². The van der Waals surface area contributed by atoms with Crippen LogP contribution in [0.4, 0.5) is 0 Å². The predicted octanol–water partition coefficient (Wildman–Crippen LogP) is 15.8. The van der Waals surface area contributed by atoms with E-state index in [1.807, 2.05) is 78.1 Å². The maximum atomic E-state index is 6.58. The van der Waals surface area contributed by atoms with E-state index in [2.05, 4.69) is 132 Å². The van der Waals surface area contributed by atoms with Gasteiger partial charge in [0.05, 0.1) is 21.3 Å². The van der Waals surface area contributed by atoms with Crippen LogP contribution in [0.3, 0.4) is 0 Å². The largest absolute Gasteiger partial charge is 0.456 e. The van der Waals surface area contributed by atoms with Crippen LogP contribution in [0.25, 0.3) is 137 Å². The minimum Gasteiger partial charge on any atom is -0.456 e. The summed E-state index contributed by atoms with van der Waals surface area (Å²) in [4.78, 5) is 15.2. The van der Waals surface area contributed by atoms with Crippen molar-refractivity contribution in [2.24, 2.45) is 0 Å². The van der Waals surface area contributed by atoms with Gasteiger partial charge in [0.2, 0.25) is 0 Å². The van der Waals surface area contributed by atoms with Gasteiger partial charge in [0.25, 0.3) is 0 Å². The molecule has 0 radical (unpaired) electrons. The SMILES string of the molecule is c1ccc(-c2nc(-c3ccc4c(c3)oc3ccc(-c5ccc6c(c5)c5ccc7c8ccccc8sc7c5n6-c5ccccc5)cc34)nc(-c3cccc4c3oc3ccccc34)n2)cc1. The first kappa shape index (κ1) is 35.2. The molecule has 0 unspecified atom stereocenters. The van der Waals surface area contributed by atoms with E-state index in [4.69, 9.17) is 23.8 Å². The third-order valence-corrected chi connectivity index (χ3v) is 13.9. The van der Waals surface area contributed by atoms with Crippen LogP contribution in [-0.4, -0.2) is 19.5 Å². The van der Waals surface area contributed by atoms with Crippen molar-refractivity contribution in [3.8, 4) is 51.0 Å². The van der Waals surface area contributed by atoms with Crippen molar-refractivity contribution < 1.29 is 8.83 Å². The molecule has 5 aromatic heterocycles. The number of aromatic nitrogens is 4. The fourth-order valence-corrected chi connectivity index (χ4v) is 10.9. The summed E-state index contributed by atoms with van der Waals surface area (Å²) in [5.74, 6) is 1.68. The minimum absolute atomic E-state index is 0.542. The Hall–Kier alpha value is -8.39. The van der Waals surface area contributed by atoms with Gasteiger partial charge in [-0.15, -0.1) is 11.3 Å². The summed E-state index contributed by atoms with van der Waals surface area (Å²) in [7, 11) is 0. The maximum Gasteiger partial charge on any atom is 0.167 e. The van der Waals surface area contributed by atoms with Gasteiger partial charge in [-0.25, -0.2) is 15.0 Å². The average molecular weight is 837 g/mol. The Kier molecular flexibility index (Phi) is 7.46. The molecule has 14 aromatic rings. The summed E-state index contributed by atoms with van der Waals surface area (Å²) >= 11 is 1.87. The Morgan fingerprint density at radius 3 is 1.89 bits per heavy atom. The summed E-state index contributed by atoms with van der Waals surface area (Å²) in [6, 6.07) is 68.0. The van der Waals surface area contributed by atoms with Crippen LogP contribution in [0.15, 0.2) is 203 Å². The molecule has 0 aliphatic rings. The molecule has 7 heteroatoms. The molecule has 0 atom stereocenters. The predicted molar refractivity (Wildman–Crippen MR) is 263 cm³/mol. The molecule has 6 nitrogen and oxygen atoms in total. The van der Waals surface area contributed by atoms with Gasteiger partial charge in [-0.2, -0.15) is 0 Å². The van der Waals surface area contributed by atoms with Crippen LogP contribution in [0.2, 0.25) is 0 Å². The molecule has 64 heavy (non-hydrogen) atoms. The second kappa shape index (κ2) is 13.6. The smallest absolute Gasteiger partial charge is 0.167 e. The number of nitrogens with zero attached hydrogens (tertiary/aromatic N) is 4. The van der Waals surface area contributed by atoms with Gasteiger partial charge in [-0.05, 0) is 77.9 Å². The molecule has 5 heterocycles. The van der Waals surface area contributed by atoms with Crippen LogP contribution in [0, 0.1) is 0 Å². The Balaban J connectivity index is 0.900. The van der Waals surface area contributed by atoms with Crippen molar-refractivity contribution >= 4 is 97.2 Å². The van der Waals surface area contributed by atoms with Gasteiger partial charge in [0.1, 0.15) is 22.3 Å². The van der Waals surface area contributed by atoms with Crippen molar-refractivity contribution in [1.82, 2.24) is 19.5 Å². The second-order valence-corrected chi connectivity index (χ2v) is 17.4. The van der Waals surface area contributed by atoms with E-state index < -0.39 is 0 Å². The molecule has 0 spiro atoms. The number of hydrogen-bond acceptors (Lipinski definition) is 6. The van der Waals surface area contributed by atoms with Crippen molar-refractivity contribution in [2.45, 2.75) is 0 Å². The highest BCUT2D eigenvalue weighted by atomic mass is 32.1. The lowest BCUT2D eigenvalue weighted by Gasteiger charge is -2.09. The first-order valence-corrected chi connectivity index (χ1v) is 22.1. The molecule has 0 bridgehead atoms. The Labute approximate surface area is 368 Å². The summed E-state index contributed by atoms with van der Waals surface area (Å²) in [6.45, 7) is 0. The van der Waals surface area contributed by atoms with Gasteiger partial charge in [-0.1, -0.05) is 127 Å². The third-order valence-electron chi connectivity index (χ3n) is 12.7. The zero-order chi connectivity index (χ0) is 41.9. The number of rotatable bonds is 5. The summed E-state index contributed by atoms with van der Waals surface area (Å²) in [5, 5.41) is 9.21. The number of fused-ring (bicyclic) bond motifs is 13. The molecule has 298 valence electrons. The first-order valence-electron chi connectivity index (χ1n) is 21.3. The summed E-state index contributed by atoms with van der Waals surface area (Å²) < 4.78 is 18.1. The number of hydrogen-bond donors (Lipinski definition) is 0. The second-order valence-electron chi connectivity index (χ2n) is 16.3. The standard InChI is InChI=1S/C57H32N4O2S/c1-3-12-33(13-4-1)55-58-56(60-57(59-55)44-19-11-18-42-38-16-7-9-20-48(38)63-53(42)44)36-22-25-39-46-31-35(24-29-49(46)62-50(39)32-36)34-23-28-47-45(30-34)41-26-27-43-40-17-8-10-21-51(40)64-54(43)52(41)61(47)37-14-5-2-6-15-37/h1-32H. The molecule has 0 saturated carbocycles. The van der Waals surface area contributed by atoms with Gasteiger partial charge < -0.3 is 13.4 Å². The Morgan fingerprint density at radius 1 is 0.375 bits per heavy atom. The molecule has 0 amide bonds. The monoisotopic (exact) mass is 836 g/mol. The zero-order valence-electron chi connectivity index (χ0n) is 34.0. The minimum atomic E-state index is 0.542. The van der Waals surface area contributed by atoms with Crippen LogP contribution in [0.5, 0.6) is 0 Å². The molecular formula is C57H32N4O2S. The molecule has 14 rings (SSSR count). The lowest BCUT2D eigenvalue weighted by atomic mass is 10.00.